The third-order valence-electron chi connectivity index (χ3n) is 3.72. The van der Waals surface area contributed by atoms with Crippen molar-refractivity contribution < 1.29 is 9.13 Å². The second-order valence-corrected chi connectivity index (χ2v) is 4.95. The van der Waals surface area contributed by atoms with Crippen LogP contribution < -0.4 is 10.1 Å². The number of anilines is 1. The summed E-state index contributed by atoms with van der Waals surface area (Å²) in [5, 5.41) is 3.40. The highest BCUT2D eigenvalue weighted by Gasteiger charge is 2.10. The highest BCUT2D eigenvalue weighted by Crippen LogP contribution is 2.25. The predicted molar refractivity (Wildman–Crippen MR) is 85.5 cm³/mol. The van der Waals surface area contributed by atoms with E-state index in [0.717, 1.165) is 18.5 Å². The molecule has 2 nitrogen and oxygen atoms in total. The zero-order chi connectivity index (χ0) is 15.2. The molecule has 0 fully saturated rings. The standard InChI is InChI=1S/C18H22FNO/c1-4-13-8-6-9-14(5-2)18(13)20-12-15-10-7-11-16(21-3)17(15)19/h6-11,20H,4-5,12H2,1-3H3. The van der Waals surface area contributed by atoms with Gasteiger partial charge in [-0.25, -0.2) is 4.39 Å². The third kappa shape index (κ3) is 3.35. The normalized spacial score (nSPS) is 10.5. The number of benzene rings is 2. The zero-order valence-corrected chi connectivity index (χ0v) is 12.9. The van der Waals surface area contributed by atoms with Crippen LogP contribution in [0.25, 0.3) is 0 Å². The van der Waals surface area contributed by atoms with E-state index in [1.165, 1.54) is 18.2 Å². The van der Waals surface area contributed by atoms with E-state index in [1.54, 1.807) is 12.1 Å². The van der Waals surface area contributed by atoms with Gasteiger partial charge in [-0.2, -0.15) is 0 Å². The second-order valence-electron chi connectivity index (χ2n) is 4.95. The summed E-state index contributed by atoms with van der Waals surface area (Å²) in [4.78, 5) is 0. The van der Waals surface area contributed by atoms with E-state index in [2.05, 4.69) is 37.4 Å². The number of rotatable bonds is 6. The summed E-state index contributed by atoms with van der Waals surface area (Å²) in [6, 6.07) is 11.5. The van der Waals surface area contributed by atoms with Crippen molar-refractivity contribution in [3.8, 4) is 5.75 Å². The highest BCUT2D eigenvalue weighted by atomic mass is 19.1. The van der Waals surface area contributed by atoms with Gasteiger partial charge in [0, 0.05) is 17.8 Å². The van der Waals surface area contributed by atoms with Gasteiger partial charge in [0.15, 0.2) is 11.6 Å². The fraction of sp³-hybridized carbons (Fsp3) is 0.333. The fourth-order valence-electron chi connectivity index (χ4n) is 2.50. The zero-order valence-electron chi connectivity index (χ0n) is 12.9. The topological polar surface area (TPSA) is 21.3 Å². The molecule has 0 aliphatic heterocycles. The summed E-state index contributed by atoms with van der Waals surface area (Å²) in [7, 11) is 1.48. The van der Waals surface area contributed by atoms with Crippen molar-refractivity contribution in [3.63, 3.8) is 0 Å². The summed E-state index contributed by atoms with van der Waals surface area (Å²) < 4.78 is 19.2. The number of halogens is 1. The lowest BCUT2D eigenvalue weighted by molar-refractivity contribution is 0.384. The maximum absolute atomic E-state index is 14.2. The Bertz CT molecular complexity index is 588. The molecule has 1 N–H and O–H groups in total. The van der Waals surface area contributed by atoms with Gasteiger partial charge in [-0.3, -0.25) is 0 Å². The number of nitrogens with one attached hydrogen (secondary N) is 1. The Morgan fingerprint density at radius 3 is 2.10 bits per heavy atom. The Hall–Kier alpha value is -2.03. The van der Waals surface area contributed by atoms with Gasteiger partial charge in [-0.1, -0.05) is 44.2 Å². The first-order chi connectivity index (χ1) is 10.2. The van der Waals surface area contributed by atoms with E-state index in [1.807, 2.05) is 6.07 Å². The van der Waals surface area contributed by atoms with Crippen molar-refractivity contribution in [2.75, 3.05) is 12.4 Å². The van der Waals surface area contributed by atoms with Crippen LogP contribution in [0, 0.1) is 5.82 Å². The molecule has 0 atom stereocenters. The van der Waals surface area contributed by atoms with Crippen molar-refractivity contribution in [2.45, 2.75) is 33.2 Å². The molecule has 0 saturated carbocycles. The molecule has 0 saturated heterocycles. The van der Waals surface area contributed by atoms with Gasteiger partial charge in [-0.15, -0.1) is 0 Å². The molecule has 21 heavy (non-hydrogen) atoms. The fourth-order valence-corrected chi connectivity index (χ4v) is 2.50. The van der Waals surface area contributed by atoms with E-state index < -0.39 is 0 Å². The Morgan fingerprint density at radius 2 is 1.52 bits per heavy atom. The summed E-state index contributed by atoms with van der Waals surface area (Å²) in [6.07, 6.45) is 1.91. The Morgan fingerprint density at radius 1 is 0.952 bits per heavy atom. The number of para-hydroxylation sites is 1. The van der Waals surface area contributed by atoms with E-state index in [9.17, 15) is 4.39 Å². The third-order valence-corrected chi connectivity index (χ3v) is 3.72. The molecule has 0 unspecified atom stereocenters. The van der Waals surface area contributed by atoms with Gasteiger partial charge >= 0.3 is 0 Å². The quantitative estimate of drug-likeness (QED) is 0.840. The molecule has 0 amide bonds. The first kappa shape index (κ1) is 15.4. The van der Waals surface area contributed by atoms with E-state index in [-0.39, 0.29) is 11.6 Å². The number of hydrogen-bond donors (Lipinski definition) is 1. The monoisotopic (exact) mass is 287 g/mol. The molecule has 2 aromatic rings. The van der Waals surface area contributed by atoms with Crippen molar-refractivity contribution in [1.29, 1.82) is 0 Å². The van der Waals surface area contributed by atoms with E-state index in [4.69, 9.17) is 4.74 Å². The molecule has 0 aromatic heterocycles. The van der Waals surface area contributed by atoms with Crippen molar-refractivity contribution in [1.82, 2.24) is 0 Å². The molecule has 112 valence electrons. The summed E-state index contributed by atoms with van der Waals surface area (Å²) in [5.74, 6) is -0.00619. The molecule has 0 aliphatic carbocycles. The molecule has 2 aromatic carbocycles. The molecule has 0 heterocycles. The van der Waals surface area contributed by atoms with Crippen molar-refractivity contribution in [3.05, 3.63) is 58.9 Å². The van der Waals surface area contributed by atoms with Crippen LogP contribution in [0.15, 0.2) is 36.4 Å². The number of ether oxygens (including phenoxy) is 1. The van der Waals surface area contributed by atoms with Crippen LogP contribution in [0.5, 0.6) is 5.75 Å². The minimum absolute atomic E-state index is 0.286. The van der Waals surface area contributed by atoms with Crippen LogP contribution in [0.3, 0.4) is 0 Å². The maximum atomic E-state index is 14.2. The summed E-state index contributed by atoms with van der Waals surface area (Å²) in [5.41, 5.74) is 4.27. The molecule has 0 aliphatic rings. The van der Waals surface area contributed by atoms with E-state index >= 15 is 0 Å². The SMILES string of the molecule is CCc1cccc(CC)c1NCc1cccc(OC)c1F. The Kier molecular flexibility index (Phi) is 5.20. The Labute approximate surface area is 126 Å². The molecule has 0 spiro atoms. The highest BCUT2D eigenvalue weighted by molar-refractivity contribution is 5.58. The smallest absolute Gasteiger partial charge is 0.170 e. The Balaban J connectivity index is 2.24. The maximum Gasteiger partial charge on any atom is 0.170 e. The second kappa shape index (κ2) is 7.11. The molecule has 0 radical (unpaired) electrons. The van der Waals surface area contributed by atoms with Gasteiger partial charge in [0.05, 0.1) is 7.11 Å². The van der Waals surface area contributed by atoms with Gasteiger partial charge in [-0.05, 0) is 30.0 Å². The van der Waals surface area contributed by atoms with Crippen LogP contribution in [0.2, 0.25) is 0 Å². The number of methoxy groups -OCH3 is 1. The van der Waals surface area contributed by atoms with Crippen LogP contribution in [-0.2, 0) is 19.4 Å². The first-order valence-electron chi connectivity index (χ1n) is 7.37. The lowest BCUT2D eigenvalue weighted by atomic mass is 10.0. The molecule has 0 bridgehead atoms. The van der Waals surface area contributed by atoms with Gasteiger partial charge in [0.2, 0.25) is 0 Å². The van der Waals surface area contributed by atoms with Gasteiger partial charge in [0.1, 0.15) is 0 Å². The van der Waals surface area contributed by atoms with Gasteiger partial charge in [0.25, 0.3) is 0 Å². The summed E-state index contributed by atoms with van der Waals surface area (Å²) in [6.45, 7) is 4.71. The van der Waals surface area contributed by atoms with Crippen molar-refractivity contribution in [2.24, 2.45) is 0 Å². The number of aryl methyl sites for hydroxylation is 2. The van der Waals surface area contributed by atoms with Crippen molar-refractivity contribution >= 4 is 5.69 Å². The number of hydrogen-bond acceptors (Lipinski definition) is 2. The predicted octanol–water partition coefficient (Wildman–Crippen LogP) is 4.57. The van der Waals surface area contributed by atoms with E-state index in [0.29, 0.717) is 12.1 Å². The minimum Gasteiger partial charge on any atom is -0.494 e. The van der Waals surface area contributed by atoms with Crippen LogP contribution in [-0.4, -0.2) is 7.11 Å². The lowest BCUT2D eigenvalue weighted by Crippen LogP contribution is -2.07. The average Bonchev–Trinajstić information content (AvgIpc) is 2.53. The molecular weight excluding hydrogens is 265 g/mol. The average molecular weight is 287 g/mol. The first-order valence-corrected chi connectivity index (χ1v) is 7.37. The summed E-state index contributed by atoms with van der Waals surface area (Å²) >= 11 is 0. The van der Waals surface area contributed by atoms with Crippen LogP contribution in [0.1, 0.15) is 30.5 Å². The molecule has 2 rings (SSSR count). The minimum atomic E-state index is -0.292. The van der Waals surface area contributed by atoms with Gasteiger partial charge < -0.3 is 10.1 Å². The molecule has 3 heteroatoms. The molecular formula is C18H22FNO. The van der Waals surface area contributed by atoms with Crippen LogP contribution >= 0.6 is 0 Å². The largest absolute Gasteiger partial charge is 0.494 e. The van der Waals surface area contributed by atoms with Crippen LogP contribution in [0.4, 0.5) is 10.1 Å². The lowest BCUT2D eigenvalue weighted by Gasteiger charge is -2.16.